The maximum atomic E-state index is 13.9. The number of nitrogens with zero attached hydrogens (tertiary/aromatic N) is 3. The van der Waals surface area contributed by atoms with Gasteiger partial charge in [0.25, 0.3) is 5.91 Å². The van der Waals surface area contributed by atoms with E-state index in [1.165, 1.54) is 0 Å². The second kappa shape index (κ2) is 8.53. The highest BCUT2D eigenvalue weighted by Crippen LogP contribution is 2.48. The molecular formula is C29H34ClN3OSi. The van der Waals surface area contributed by atoms with Gasteiger partial charge in [-0.3, -0.25) is 4.79 Å². The first kappa shape index (κ1) is 20.6. The Labute approximate surface area is 218 Å². The molecular weight excluding hydrogens is 470 g/mol. The van der Waals surface area contributed by atoms with E-state index in [0.29, 0.717) is 39.5 Å². The number of hydrogen-bond donors (Lipinski definition) is 0. The van der Waals surface area contributed by atoms with Crippen molar-refractivity contribution in [2.45, 2.75) is 76.7 Å². The lowest BCUT2D eigenvalue weighted by Gasteiger charge is -2.38. The van der Waals surface area contributed by atoms with E-state index < -0.39 is 27.0 Å². The minimum atomic E-state index is -2.62. The lowest BCUT2D eigenvalue weighted by molar-refractivity contribution is 0.0734. The van der Waals surface area contributed by atoms with Crippen LogP contribution in [0.4, 0.5) is 0 Å². The molecule has 0 unspecified atom stereocenters. The number of rotatable bonds is 3. The molecule has 0 spiro atoms. The van der Waals surface area contributed by atoms with Crippen LogP contribution >= 0.6 is 11.6 Å². The normalized spacial score (nSPS) is 20.9. The molecule has 2 atom stereocenters. The van der Waals surface area contributed by atoms with Gasteiger partial charge >= 0.3 is 0 Å². The summed E-state index contributed by atoms with van der Waals surface area (Å²) in [5.41, 5.74) is 8.76. The number of imidazole rings is 1. The zero-order valence-corrected chi connectivity index (χ0v) is 22.9. The number of halogens is 1. The largest absolute Gasteiger partial charge is 0.331 e. The van der Waals surface area contributed by atoms with Gasteiger partial charge in [-0.15, -0.1) is 5.54 Å². The summed E-state index contributed by atoms with van der Waals surface area (Å²) in [4.78, 5) is 19.8. The third-order valence-corrected chi connectivity index (χ3v) is 14.7. The maximum absolute atomic E-state index is 13.9. The quantitative estimate of drug-likeness (QED) is 0.274. The van der Waals surface area contributed by atoms with Gasteiger partial charge in [0.15, 0.2) is 0 Å². The number of hydrogen-bond acceptors (Lipinski definition) is 2. The van der Waals surface area contributed by atoms with Crippen molar-refractivity contribution in [2.24, 2.45) is 0 Å². The third-order valence-electron chi connectivity index (χ3n) is 8.21. The third kappa shape index (κ3) is 3.49. The molecule has 2 aliphatic heterocycles. The Morgan fingerprint density at radius 2 is 1.80 bits per heavy atom. The lowest BCUT2D eigenvalue weighted by Crippen LogP contribution is -2.43. The molecule has 2 aliphatic rings. The van der Waals surface area contributed by atoms with Crippen molar-refractivity contribution >= 4 is 36.6 Å². The van der Waals surface area contributed by atoms with Crippen LogP contribution in [0, 0.1) is 11.5 Å². The first-order valence-corrected chi connectivity index (χ1v) is 15.1. The van der Waals surface area contributed by atoms with Gasteiger partial charge in [0.05, 0.1) is 23.1 Å². The minimum absolute atomic E-state index is 0.275. The smallest absolute Gasteiger partial charge is 0.254 e. The molecule has 6 heteroatoms. The molecule has 0 radical (unpaired) electrons. The zero-order valence-electron chi connectivity index (χ0n) is 24.2. The highest BCUT2D eigenvalue weighted by atomic mass is 35.5. The Morgan fingerprint density at radius 1 is 1.09 bits per heavy atom. The Morgan fingerprint density at radius 3 is 2.46 bits per heavy atom. The fraction of sp³-hybridized carbons (Fsp3) is 0.448. The zero-order chi connectivity index (χ0) is 27.7. The Balaban J connectivity index is 1.81. The molecule has 1 amide bonds. The average molecular weight is 507 g/mol. The molecule has 0 saturated carbocycles. The first-order chi connectivity index (χ1) is 17.8. The average Bonchev–Trinajstić information content (AvgIpc) is 3.31. The van der Waals surface area contributed by atoms with E-state index in [1.807, 2.05) is 24.3 Å². The van der Waals surface area contributed by atoms with Gasteiger partial charge in [0.2, 0.25) is 0 Å². The number of carbonyl (C=O) groups is 1. The Bertz CT molecular complexity index is 1480. The van der Waals surface area contributed by atoms with Crippen molar-refractivity contribution in [2.75, 3.05) is 6.98 Å². The Kier molecular flexibility index (Phi) is 5.03. The fourth-order valence-corrected chi connectivity index (χ4v) is 12.0. The van der Waals surface area contributed by atoms with Gasteiger partial charge < -0.3 is 9.47 Å². The summed E-state index contributed by atoms with van der Waals surface area (Å²) >= 11 is 6.38. The first-order valence-electron chi connectivity index (χ1n) is 14.0. The standard InChI is InChI=1S/C29H34ClN3OSi/c1-17(2)35(18(3)4,19(5)6)14-13-20-9-8-10-22-27(20)25-16-26(32(7)29(22)34)28-31-23-12-11-21(30)15-24(23)33(25)28/h8-12,15,17-19,25-26H,16H2,1-7H3/t25-,26-/m1/s1/i7D3. The van der Waals surface area contributed by atoms with Crippen molar-refractivity contribution in [3.05, 3.63) is 63.9 Å². The predicted molar refractivity (Wildman–Crippen MR) is 147 cm³/mol. The van der Waals surface area contributed by atoms with E-state index >= 15 is 0 Å². The van der Waals surface area contributed by atoms with E-state index in [9.17, 15) is 4.79 Å². The van der Waals surface area contributed by atoms with Crippen molar-refractivity contribution < 1.29 is 8.91 Å². The van der Waals surface area contributed by atoms with E-state index in [1.54, 1.807) is 12.1 Å². The molecule has 1 aromatic heterocycles. The number of fused-ring (bicyclic) bond motifs is 9. The Hall–Kier alpha value is -2.55. The molecule has 2 bridgehead atoms. The SMILES string of the molecule is [2H]C([2H])([2H])N1C(=O)c2cccc(C#C[Si](C(C)C)(C(C)C)C(C)C)c2[C@H]2C[C@@H]1c1nc3ccc(Cl)cc3n12. The van der Waals surface area contributed by atoms with Crippen LogP contribution in [0.2, 0.25) is 21.6 Å². The van der Waals surface area contributed by atoms with Crippen LogP contribution in [0.3, 0.4) is 0 Å². The highest BCUT2D eigenvalue weighted by Gasteiger charge is 2.45. The van der Waals surface area contributed by atoms with E-state index in [2.05, 4.69) is 57.6 Å². The van der Waals surface area contributed by atoms with Gasteiger partial charge in [-0.2, -0.15) is 0 Å². The van der Waals surface area contributed by atoms with Crippen LogP contribution in [-0.2, 0) is 0 Å². The molecule has 0 fully saturated rings. The summed E-state index contributed by atoms with van der Waals surface area (Å²) in [5, 5.41) is 0.582. The molecule has 5 rings (SSSR count). The highest BCUT2D eigenvalue weighted by molar-refractivity contribution is 6.90. The van der Waals surface area contributed by atoms with Gasteiger partial charge in [-0.05, 0) is 47.0 Å². The molecule has 3 aromatic rings. The van der Waals surface area contributed by atoms with Crippen molar-refractivity contribution in [1.29, 1.82) is 0 Å². The number of aromatic nitrogens is 2. The molecule has 0 saturated heterocycles. The minimum Gasteiger partial charge on any atom is -0.331 e. The monoisotopic (exact) mass is 506 g/mol. The molecule has 0 N–H and O–H groups in total. The number of benzene rings is 2. The van der Waals surface area contributed by atoms with E-state index in [0.717, 1.165) is 27.1 Å². The van der Waals surface area contributed by atoms with Crippen LogP contribution in [-0.4, -0.2) is 35.4 Å². The summed E-state index contributed by atoms with van der Waals surface area (Å²) in [6.45, 7) is 11.0. The molecule has 0 aliphatic carbocycles. The summed E-state index contributed by atoms with van der Waals surface area (Å²) in [5.74, 6) is 3.66. The summed E-state index contributed by atoms with van der Waals surface area (Å²) in [6.07, 6.45) is 0.432. The van der Waals surface area contributed by atoms with E-state index in [-0.39, 0.29) is 6.04 Å². The van der Waals surface area contributed by atoms with Crippen LogP contribution in [0.1, 0.15) is 91.5 Å². The van der Waals surface area contributed by atoms with Gasteiger partial charge in [-0.1, -0.05) is 65.1 Å². The molecule has 35 heavy (non-hydrogen) atoms. The number of amides is 1. The van der Waals surface area contributed by atoms with Crippen LogP contribution in [0.5, 0.6) is 0 Å². The van der Waals surface area contributed by atoms with Crippen LogP contribution < -0.4 is 0 Å². The summed E-state index contributed by atoms with van der Waals surface area (Å²) < 4.78 is 26.9. The molecule has 2 aromatic carbocycles. The predicted octanol–water partition coefficient (Wildman–Crippen LogP) is 7.38. The van der Waals surface area contributed by atoms with Crippen LogP contribution in [0.15, 0.2) is 36.4 Å². The topological polar surface area (TPSA) is 38.1 Å². The van der Waals surface area contributed by atoms with Gasteiger partial charge in [0.1, 0.15) is 13.9 Å². The van der Waals surface area contributed by atoms with Crippen molar-refractivity contribution in [3.8, 4) is 11.5 Å². The maximum Gasteiger partial charge on any atom is 0.254 e. The van der Waals surface area contributed by atoms with Crippen molar-refractivity contribution in [1.82, 2.24) is 14.5 Å². The molecule has 182 valence electrons. The summed E-state index contributed by atoms with van der Waals surface area (Å²) in [7, 11) is -2.04. The lowest BCUT2D eigenvalue weighted by atomic mass is 9.94. The van der Waals surface area contributed by atoms with Gasteiger partial charge in [0, 0.05) is 39.2 Å². The summed E-state index contributed by atoms with van der Waals surface area (Å²) in [6, 6.07) is 10.1. The fourth-order valence-electron chi connectivity index (χ4n) is 6.64. The van der Waals surface area contributed by atoms with E-state index in [4.69, 9.17) is 20.7 Å². The van der Waals surface area contributed by atoms with Crippen molar-refractivity contribution in [3.63, 3.8) is 0 Å². The number of carbonyl (C=O) groups excluding carboxylic acids is 1. The molecule has 3 heterocycles. The second-order valence-electron chi connectivity index (χ2n) is 10.8. The second-order valence-corrected chi connectivity index (χ2v) is 16.8. The van der Waals surface area contributed by atoms with Crippen LogP contribution in [0.25, 0.3) is 11.0 Å². The van der Waals surface area contributed by atoms with Gasteiger partial charge in [-0.25, -0.2) is 4.98 Å². The molecule has 4 nitrogen and oxygen atoms in total.